The fourth-order valence-corrected chi connectivity index (χ4v) is 4.30. The Morgan fingerprint density at radius 2 is 1.04 bits per heavy atom. The Morgan fingerprint density at radius 3 is 1.42 bits per heavy atom. The van der Waals surface area contributed by atoms with Crippen LogP contribution in [0.2, 0.25) is 0 Å². The predicted molar refractivity (Wildman–Crippen MR) is 159 cm³/mol. The molecule has 0 spiro atoms. The van der Waals surface area contributed by atoms with Crippen molar-refractivity contribution in [1.29, 1.82) is 0 Å². The number of methoxy groups -OCH3 is 1. The van der Waals surface area contributed by atoms with Crippen molar-refractivity contribution in [2.75, 3.05) is 27.7 Å². The van der Waals surface area contributed by atoms with Gasteiger partial charge in [-0.2, -0.15) is 6.07 Å². The Hall–Kier alpha value is -4.62. The van der Waals surface area contributed by atoms with Crippen LogP contribution < -0.4 is 14.0 Å². The highest BCUT2D eigenvalue weighted by Crippen LogP contribution is 2.43. The van der Waals surface area contributed by atoms with Gasteiger partial charge in [-0.15, -0.1) is 12.1 Å². The highest BCUT2D eigenvalue weighted by molar-refractivity contribution is 6.39. The van der Waals surface area contributed by atoms with Gasteiger partial charge in [-0.3, -0.25) is 18.0 Å². The third kappa shape index (κ3) is 9.24. The average molecular weight is 757 g/mol. The number of hydrogen-bond acceptors (Lipinski definition) is 5. The van der Waals surface area contributed by atoms with Crippen LogP contribution in [0.4, 0.5) is 52.7 Å². The van der Waals surface area contributed by atoms with Gasteiger partial charge < -0.3 is 18.7 Å². The highest BCUT2D eigenvalue weighted by Gasteiger charge is 2.51. The summed E-state index contributed by atoms with van der Waals surface area (Å²) in [4.78, 5) is 0. The maximum atomic E-state index is 15.7. The number of halogens is 12. The molecule has 0 saturated heterocycles. The summed E-state index contributed by atoms with van der Waals surface area (Å²) in [6, 6.07) is 5.26. The van der Waals surface area contributed by atoms with Crippen LogP contribution in [0.25, 0.3) is 0 Å². The zero-order valence-corrected chi connectivity index (χ0v) is 27.9. The molecule has 0 fully saturated rings. The predicted octanol–water partition coefficient (Wildman–Crippen LogP) is 8.64. The lowest BCUT2D eigenvalue weighted by atomic mass is 9.97. The molecule has 0 aliphatic heterocycles. The maximum Gasteiger partial charge on any atom is 0.864 e. The van der Waals surface area contributed by atoms with Gasteiger partial charge in [0, 0.05) is 56.0 Å². The normalized spacial score (nSPS) is 13.1. The summed E-state index contributed by atoms with van der Waals surface area (Å²) in [5.74, 6) is -22.6. The third-order valence-corrected chi connectivity index (χ3v) is 7.70. The summed E-state index contributed by atoms with van der Waals surface area (Å²) >= 11 is 0. The number of ether oxygens (including phenoxy) is 2. The number of benzene rings is 4. The van der Waals surface area contributed by atoms with Crippen LogP contribution in [0.15, 0.2) is 42.5 Å². The van der Waals surface area contributed by atoms with E-state index in [2.05, 4.69) is 6.07 Å². The minimum atomic E-state index is -2.43. The summed E-state index contributed by atoms with van der Waals surface area (Å²) in [6.45, 7) is 4.60. The molecule has 19 heteroatoms. The first-order valence-corrected chi connectivity index (χ1v) is 14.7. The largest absolute Gasteiger partial charge is 0.864 e. The molecule has 4 aromatic carbocycles. The number of hydrogen-bond donors (Lipinski definition) is 0. The first kappa shape index (κ1) is 41.8. The molecule has 4 rings (SSSR count). The van der Waals surface area contributed by atoms with Gasteiger partial charge >= 0.3 is 7.32 Å². The Bertz CT molecular complexity index is 1780. The molecule has 0 aromatic heterocycles. The molecule has 2 atom stereocenters. The van der Waals surface area contributed by atoms with Gasteiger partial charge in [0.1, 0.15) is 22.8 Å². The Balaban J connectivity index is 0.000000703. The van der Waals surface area contributed by atoms with Crippen molar-refractivity contribution in [3.05, 3.63) is 124 Å². The van der Waals surface area contributed by atoms with Crippen molar-refractivity contribution in [3.63, 3.8) is 0 Å². The molecule has 0 saturated carbocycles. The lowest BCUT2D eigenvalue weighted by Crippen LogP contribution is -2.59. The van der Waals surface area contributed by atoms with Crippen molar-refractivity contribution in [2.24, 2.45) is 0 Å². The smallest absolute Gasteiger partial charge is 0.489 e. The molecular formula is C33H28BF12NO5. The van der Waals surface area contributed by atoms with Gasteiger partial charge in [0.05, 0.1) is 26.5 Å². The second-order valence-electron chi connectivity index (χ2n) is 11.3. The minimum Gasteiger partial charge on any atom is -0.489 e. The second-order valence-corrected chi connectivity index (χ2v) is 11.3. The van der Waals surface area contributed by atoms with Gasteiger partial charge in [0.15, 0.2) is 58.6 Å². The summed E-state index contributed by atoms with van der Waals surface area (Å²) < 4.78 is 190. The van der Waals surface area contributed by atoms with E-state index in [-0.39, 0.29) is 11.0 Å². The molecule has 0 aliphatic carbocycles. The van der Waals surface area contributed by atoms with Gasteiger partial charge in [-0.25, -0.2) is 43.9 Å². The molecule has 0 radical (unpaired) electrons. The van der Waals surface area contributed by atoms with Crippen molar-refractivity contribution in [1.82, 2.24) is 0 Å². The van der Waals surface area contributed by atoms with Gasteiger partial charge in [0.2, 0.25) is 5.72 Å². The number of nitrogens with zero attached hydrogens (tertiary/aromatic N) is 1. The molecule has 282 valence electrons. The highest BCUT2D eigenvalue weighted by atomic mass is 19.2. The fourth-order valence-electron chi connectivity index (χ4n) is 4.30. The van der Waals surface area contributed by atoms with Crippen LogP contribution in [0.3, 0.4) is 0 Å². The molecular weight excluding hydrogens is 729 g/mol. The van der Waals surface area contributed by atoms with Gasteiger partial charge in [-0.05, 0) is 13.8 Å². The Morgan fingerprint density at radius 1 is 0.635 bits per heavy atom. The topological polar surface area (TPSA) is 46.2 Å². The molecule has 0 amide bonds. The number of quaternary nitrogens is 1. The molecule has 2 unspecified atom stereocenters. The van der Waals surface area contributed by atoms with Crippen LogP contribution >= 0.6 is 0 Å². The lowest BCUT2D eigenvalue weighted by Gasteiger charge is -2.46. The van der Waals surface area contributed by atoms with Crippen molar-refractivity contribution in [2.45, 2.75) is 32.8 Å². The van der Waals surface area contributed by atoms with E-state index < -0.39 is 112 Å². The standard InChI is InChI=1S/C27H26BF9NO5.C6H2F3/c1-7-38(4,5)27(3,40-13(2)39-6)22-21(12-20(33)25(36)26(22)37)43-28(41-14-8-16(29)23(34)17(30)9-14)42-15-10-18(31)24(35)19(32)11-15;7-4-2-1-3-5(8)6(4)9/h8-13H,7H2,1-6H3;2-3H/q+1;-1. The van der Waals surface area contributed by atoms with Crippen LogP contribution in [-0.2, 0) is 15.2 Å². The summed E-state index contributed by atoms with van der Waals surface area (Å²) in [6.07, 6.45) is -1.06. The SMILES string of the molecule is CC[N+](C)(C)C(C)(OC(C)OC)c1c(OB(Oc2cc(F)c(F)c(F)c2)Oc2cc(F)c(F)c(F)c2)cc(F)c(F)c1F.Fc1c[c-]cc(F)c1F. The average Bonchev–Trinajstić information content (AvgIpc) is 3.07. The second kappa shape index (κ2) is 16.8. The first-order valence-electron chi connectivity index (χ1n) is 14.7. The molecule has 0 N–H and O–H groups in total. The van der Waals surface area contributed by atoms with Crippen LogP contribution in [0.1, 0.15) is 26.3 Å². The Kier molecular flexibility index (Phi) is 13.5. The first-order chi connectivity index (χ1) is 24.2. The third-order valence-electron chi connectivity index (χ3n) is 7.70. The minimum absolute atomic E-state index is 0.198. The van der Waals surface area contributed by atoms with E-state index in [4.69, 9.17) is 23.4 Å². The molecule has 0 aliphatic rings. The zero-order chi connectivity index (χ0) is 39.3. The molecule has 52 heavy (non-hydrogen) atoms. The monoisotopic (exact) mass is 757 g/mol. The van der Waals surface area contributed by atoms with E-state index >= 15 is 4.39 Å². The fraction of sp³-hybridized carbons (Fsp3) is 0.273. The van der Waals surface area contributed by atoms with E-state index in [9.17, 15) is 48.3 Å². The van der Waals surface area contributed by atoms with Crippen LogP contribution in [-0.4, -0.2) is 45.8 Å². The van der Waals surface area contributed by atoms with E-state index in [0.29, 0.717) is 30.3 Å². The molecule has 0 bridgehead atoms. The quantitative estimate of drug-likeness (QED) is 0.0362. The van der Waals surface area contributed by atoms with E-state index in [1.165, 1.54) is 21.0 Å². The van der Waals surface area contributed by atoms with E-state index in [1.54, 1.807) is 21.0 Å². The van der Waals surface area contributed by atoms with E-state index in [0.717, 1.165) is 12.1 Å². The van der Waals surface area contributed by atoms with Gasteiger partial charge in [0.25, 0.3) is 0 Å². The molecule has 0 heterocycles. The summed E-state index contributed by atoms with van der Waals surface area (Å²) in [5, 5.41) is 0. The summed E-state index contributed by atoms with van der Waals surface area (Å²) in [7, 11) is 1.92. The Labute approximate surface area is 289 Å². The van der Waals surface area contributed by atoms with Gasteiger partial charge in [-0.1, -0.05) is 0 Å². The van der Waals surface area contributed by atoms with Crippen molar-refractivity contribution < 1.29 is 80.6 Å². The van der Waals surface area contributed by atoms with E-state index in [1.807, 2.05) is 0 Å². The van der Waals surface area contributed by atoms with Crippen molar-refractivity contribution in [3.8, 4) is 17.2 Å². The lowest BCUT2D eigenvalue weighted by molar-refractivity contribution is -0.975. The van der Waals surface area contributed by atoms with Crippen LogP contribution in [0.5, 0.6) is 17.2 Å². The summed E-state index contributed by atoms with van der Waals surface area (Å²) in [5.41, 5.74) is -2.70. The van der Waals surface area contributed by atoms with Crippen molar-refractivity contribution >= 4 is 7.32 Å². The maximum absolute atomic E-state index is 15.7. The molecule has 4 aromatic rings. The zero-order valence-electron chi connectivity index (χ0n) is 27.9. The number of rotatable bonds is 12. The van der Waals surface area contributed by atoms with Crippen LogP contribution in [0, 0.1) is 75.9 Å². The molecule has 6 nitrogen and oxygen atoms in total.